The molecule has 0 bridgehead atoms. The van der Waals surface area contributed by atoms with Gasteiger partial charge in [-0.3, -0.25) is 9.59 Å². The highest BCUT2D eigenvalue weighted by Gasteiger charge is 2.38. The molecule has 0 radical (unpaired) electrons. The lowest BCUT2D eigenvalue weighted by atomic mass is 10.2. The number of esters is 1. The lowest BCUT2D eigenvalue weighted by Gasteiger charge is -2.09. The summed E-state index contributed by atoms with van der Waals surface area (Å²) in [7, 11) is 0. The summed E-state index contributed by atoms with van der Waals surface area (Å²) < 4.78 is 40.5. The molecular formula is C13H13F3N2O4. The van der Waals surface area contributed by atoms with E-state index in [0.29, 0.717) is 0 Å². The lowest BCUT2D eigenvalue weighted by Crippen LogP contribution is -2.41. The van der Waals surface area contributed by atoms with Gasteiger partial charge in [0.05, 0.1) is 18.7 Å². The molecule has 0 aromatic heterocycles. The first-order chi connectivity index (χ1) is 10.2. The standard InChI is InChI=1S/C13H13F3N2O4/c1-2-22-11(20)8-3-5-9(6-4-8)18-10(19)7-17-12(21)13(14,15)16/h3-6H,2,7H2,1H3,(H,17,21)(H,18,19). The number of nitrogens with one attached hydrogen (secondary N) is 2. The molecule has 0 spiro atoms. The summed E-state index contributed by atoms with van der Waals surface area (Å²) in [5.41, 5.74) is 0.532. The summed E-state index contributed by atoms with van der Waals surface area (Å²) in [6, 6.07) is 5.55. The van der Waals surface area contributed by atoms with Crippen molar-refractivity contribution in [3.63, 3.8) is 0 Å². The number of amides is 2. The summed E-state index contributed by atoms with van der Waals surface area (Å²) in [6.45, 7) is 1.05. The Kier molecular flexibility index (Phi) is 5.90. The Hall–Kier alpha value is -2.58. The summed E-state index contributed by atoms with van der Waals surface area (Å²) >= 11 is 0. The van der Waals surface area contributed by atoms with Gasteiger partial charge in [-0.15, -0.1) is 0 Å². The Morgan fingerprint density at radius 3 is 2.23 bits per heavy atom. The van der Waals surface area contributed by atoms with E-state index in [1.165, 1.54) is 29.6 Å². The Balaban J connectivity index is 2.52. The van der Waals surface area contributed by atoms with Crippen LogP contribution < -0.4 is 10.6 Å². The number of carbonyl (C=O) groups excluding carboxylic acids is 3. The van der Waals surface area contributed by atoms with E-state index < -0.39 is 30.5 Å². The van der Waals surface area contributed by atoms with Crippen LogP contribution in [0.2, 0.25) is 0 Å². The molecule has 0 saturated heterocycles. The van der Waals surface area contributed by atoms with Crippen LogP contribution in [0.15, 0.2) is 24.3 Å². The number of rotatable bonds is 5. The van der Waals surface area contributed by atoms with Crippen molar-refractivity contribution in [2.24, 2.45) is 0 Å². The van der Waals surface area contributed by atoms with Gasteiger partial charge in [-0.2, -0.15) is 13.2 Å². The molecule has 9 heteroatoms. The van der Waals surface area contributed by atoms with E-state index >= 15 is 0 Å². The number of carbonyl (C=O) groups is 3. The Morgan fingerprint density at radius 2 is 1.73 bits per heavy atom. The van der Waals surface area contributed by atoms with Gasteiger partial charge in [0.2, 0.25) is 5.91 Å². The van der Waals surface area contributed by atoms with E-state index in [1.807, 2.05) is 0 Å². The molecule has 0 aliphatic heterocycles. The zero-order valence-electron chi connectivity index (χ0n) is 11.5. The van der Waals surface area contributed by atoms with Gasteiger partial charge in [0.15, 0.2) is 0 Å². The van der Waals surface area contributed by atoms with Crippen LogP contribution in [-0.2, 0) is 14.3 Å². The van der Waals surface area contributed by atoms with Crippen molar-refractivity contribution in [2.75, 3.05) is 18.5 Å². The van der Waals surface area contributed by atoms with E-state index in [1.54, 1.807) is 6.92 Å². The second-order valence-electron chi connectivity index (χ2n) is 4.03. The Labute approximate surface area is 123 Å². The van der Waals surface area contributed by atoms with Crippen LogP contribution in [0.3, 0.4) is 0 Å². The third-order valence-corrected chi connectivity index (χ3v) is 2.35. The minimum Gasteiger partial charge on any atom is -0.462 e. The smallest absolute Gasteiger partial charge is 0.462 e. The van der Waals surface area contributed by atoms with Gasteiger partial charge in [0, 0.05) is 5.69 Å². The Bertz CT molecular complexity index is 555. The molecule has 2 N–H and O–H groups in total. The Morgan fingerprint density at radius 1 is 1.14 bits per heavy atom. The van der Waals surface area contributed by atoms with Gasteiger partial charge >= 0.3 is 18.1 Å². The molecule has 0 saturated carbocycles. The maximum atomic E-state index is 11.9. The monoisotopic (exact) mass is 318 g/mol. The van der Waals surface area contributed by atoms with Crippen LogP contribution >= 0.6 is 0 Å². The van der Waals surface area contributed by atoms with Crippen molar-refractivity contribution < 1.29 is 32.3 Å². The highest BCUT2D eigenvalue weighted by atomic mass is 19.4. The van der Waals surface area contributed by atoms with Gasteiger partial charge in [-0.25, -0.2) is 4.79 Å². The second kappa shape index (κ2) is 7.43. The number of anilines is 1. The first-order valence-electron chi connectivity index (χ1n) is 6.16. The third-order valence-electron chi connectivity index (χ3n) is 2.35. The van der Waals surface area contributed by atoms with Gasteiger partial charge in [0.25, 0.3) is 0 Å². The first kappa shape index (κ1) is 17.5. The normalized spacial score (nSPS) is 10.7. The maximum absolute atomic E-state index is 11.9. The molecule has 1 rings (SSSR count). The van der Waals surface area contributed by atoms with Crippen LogP contribution in [-0.4, -0.2) is 37.1 Å². The molecule has 0 atom stereocenters. The number of halogens is 3. The van der Waals surface area contributed by atoms with E-state index in [9.17, 15) is 27.6 Å². The SMILES string of the molecule is CCOC(=O)c1ccc(NC(=O)CNC(=O)C(F)(F)F)cc1. The minimum absolute atomic E-state index is 0.218. The molecule has 6 nitrogen and oxygen atoms in total. The predicted octanol–water partition coefficient (Wildman–Crippen LogP) is 1.48. The fourth-order valence-corrected chi connectivity index (χ4v) is 1.37. The molecule has 1 aromatic rings. The number of hydrogen-bond acceptors (Lipinski definition) is 4. The topological polar surface area (TPSA) is 84.5 Å². The largest absolute Gasteiger partial charge is 0.471 e. The fourth-order valence-electron chi connectivity index (χ4n) is 1.37. The number of hydrogen-bond donors (Lipinski definition) is 2. The molecule has 120 valence electrons. The van der Waals surface area contributed by atoms with Crippen LogP contribution in [0.1, 0.15) is 17.3 Å². The highest BCUT2D eigenvalue weighted by Crippen LogP contribution is 2.14. The quantitative estimate of drug-likeness (QED) is 0.806. The number of ether oxygens (including phenoxy) is 1. The molecule has 22 heavy (non-hydrogen) atoms. The summed E-state index contributed by atoms with van der Waals surface area (Å²) in [5, 5.41) is 3.71. The molecule has 0 aliphatic rings. The zero-order valence-corrected chi connectivity index (χ0v) is 11.5. The second-order valence-corrected chi connectivity index (χ2v) is 4.03. The van der Waals surface area contributed by atoms with Crippen molar-refractivity contribution in [3.8, 4) is 0 Å². The van der Waals surface area contributed by atoms with Crippen LogP contribution in [0.5, 0.6) is 0 Å². The average molecular weight is 318 g/mol. The van der Waals surface area contributed by atoms with Gasteiger partial charge in [-0.1, -0.05) is 0 Å². The predicted molar refractivity (Wildman–Crippen MR) is 70.1 cm³/mol. The van der Waals surface area contributed by atoms with Gasteiger partial charge < -0.3 is 15.4 Å². The molecule has 0 unspecified atom stereocenters. The molecule has 0 heterocycles. The average Bonchev–Trinajstić information content (AvgIpc) is 2.44. The van der Waals surface area contributed by atoms with Crippen molar-refractivity contribution in [1.29, 1.82) is 0 Å². The fraction of sp³-hybridized carbons (Fsp3) is 0.308. The van der Waals surface area contributed by atoms with Crippen molar-refractivity contribution in [1.82, 2.24) is 5.32 Å². The van der Waals surface area contributed by atoms with Crippen molar-refractivity contribution in [2.45, 2.75) is 13.1 Å². The van der Waals surface area contributed by atoms with Crippen LogP contribution in [0.25, 0.3) is 0 Å². The summed E-state index contributed by atoms with van der Waals surface area (Å²) in [6.07, 6.45) is -5.04. The zero-order chi connectivity index (χ0) is 16.8. The summed E-state index contributed by atoms with van der Waals surface area (Å²) in [4.78, 5) is 33.3. The lowest BCUT2D eigenvalue weighted by molar-refractivity contribution is -0.173. The minimum atomic E-state index is -5.04. The first-order valence-corrected chi connectivity index (χ1v) is 6.16. The van der Waals surface area contributed by atoms with Crippen molar-refractivity contribution >= 4 is 23.5 Å². The van der Waals surface area contributed by atoms with Gasteiger partial charge in [0.1, 0.15) is 0 Å². The molecule has 2 amide bonds. The third kappa shape index (κ3) is 5.43. The number of alkyl halides is 3. The maximum Gasteiger partial charge on any atom is 0.471 e. The summed E-state index contributed by atoms with van der Waals surface area (Å²) in [5.74, 6) is -3.56. The molecule has 1 aromatic carbocycles. The van der Waals surface area contributed by atoms with E-state index in [4.69, 9.17) is 4.74 Å². The molecule has 0 aliphatic carbocycles. The van der Waals surface area contributed by atoms with Crippen LogP contribution in [0.4, 0.5) is 18.9 Å². The molecular weight excluding hydrogens is 305 g/mol. The van der Waals surface area contributed by atoms with E-state index in [-0.39, 0.29) is 17.9 Å². The van der Waals surface area contributed by atoms with Crippen LogP contribution in [0, 0.1) is 0 Å². The molecule has 0 fully saturated rings. The van der Waals surface area contributed by atoms with E-state index in [0.717, 1.165) is 0 Å². The van der Waals surface area contributed by atoms with E-state index in [2.05, 4.69) is 5.32 Å². The van der Waals surface area contributed by atoms with Gasteiger partial charge in [-0.05, 0) is 31.2 Å². The highest BCUT2D eigenvalue weighted by molar-refractivity contribution is 5.96. The van der Waals surface area contributed by atoms with Crippen molar-refractivity contribution in [3.05, 3.63) is 29.8 Å². The number of benzene rings is 1.